The van der Waals surface area contributed by atoms with Crippen LogP contribution in [0.25, 0.3) is 0 Å². The first-order chi connectivity index (χ1) is 14.1. The summed E-state index contributed by atoms with van der Waals surface area (Å²) in [6, 6.07) is 19.3. The van der Waals surface area contributed by atoms with Gasteiger partial charge in [0.05, 0.1) is 6.61 Å². The molecule has 0 radical (unpaired) electrons. The molecule has 0 aliphatic heterocycles. The van der Waals surface area contributed by atoms with Crippen LogP contribution in [0, 0.1) is 6.92 Å². The normalized spacial score (nSPS) is 10.4. The lowest BCUT2D eigenvalue weighted by molar-refractivity contribution is -0.116. The molecule has 0 unspecified atom stereocenters. The van der Waals surface area contributed by atoms with Crippen molar-refractivity contribution < 1.29 is 9.53 Å². The molecule has 29 heavy (non-hydrogen) atoms. The summed E-state index contributed by atoms with van der Waals surface area (Å²) >= 11 is 0. The van der Waals surface area contributed by atoms with Crippen molar-refractivity contribution in [3.8, 4) is 5.88 Å². The van der Waals surface area contributed by atoms with Crippen LogP contribution in [0.3, 0.4) is 0 Å². The number of ether oxygens (including phenoxy) is 1. The topological polar surface area (TPSA) is 76.1 Å². The van der Waals surface area contributed by atoms with E-state index in [-0.39, 0.29) is 5.91 Å². The van der Waals surface area contributed by atoms with Crippen LogP contribution < -0.4 is 15.4 Å². The minimum Gasteiger partial charge on any atom is -0.478 e. The maximum absolute atomic E-state index is 12.2. The van der Waals surface area contributed by atoms with Crippen molar-refractivity contribution in [2.24, 2.45) is 0 Å². The van der Waals surface area contributed by atoms with Gasteiger partial charge in [-0.25, -0.2) is 4.98 Å². The molecule has 6 nitrogen and oxygen atoms in total. The number of rotatable bonds is 9. The first kappa shape index (κ1) is 20.3. The SMILES string of the molecule is CCCOc1cc(Nc2ccc(NC(=O)CCc3ccccc3)cc2)nc(C)n1. The molecule has 3 rings (SSSR count). The third-order valence-corrected chi connectivity index (χ3v) is 4.19. The number of hydrogen-bond acceptors (Lipinski definition) is 5. The van der Waals surface area contributed by atoms with Crippen LogP contribution in [-0.2, 0) is 11.2 Å². The molecular weight excluding hydrogens is 364 g/mol. The number of carbonyl (C=O) groups excluding carboxylic acids is 1. The standard InChI is InChI=1S/C23H26N4O2/c1-3-15-29-23-16-21(24-17(2)25-23)26-19-10-12-20(13-11-19)27-22(28)14-9-18-7-5-4-6-8-18/h4-8,10-13,16H,3,9,14-15H2,1-2H3,(H,27,28)(H,24,25,26). The van der Waals surface area contributed by atoms with Crippen molar-refractivity contribution in [2.75, 3.05) is 17.2 Å². The zero-order chi connectivity index (χ0) is 20.5. The third kappa shape index (κ3) is 6.60. The van der Waals surface area contributed by atoms with Crippen molar-refractivity contribution in [3.05, 3.63) is 72.1 Å². The van der Waals surface area contributed by atoms with Crippen molar-refractivity contribution >= 4 is 23.1 Å². The number of benzene rings is 2. The Morgan fingerprint density at radius 1 is 1.00 bits per heavy atom. The maximum atomic E-state index is 12.2. The van der Waals surface area contributed by atoms with Crippen molar-refractivity contribution in [1.29, 1.82) is 0 Å². The number of nitrogens with one attached hydrogen (secondary N) is 2. The fraction of sp³-hybridized carbons (Fsp3) is 0.261. The summed E-state index contributed by atoms with van der Waals surface area (Å²) in [4.78, 5) is 20.8. The Hall–Kier alpha value is -3.41. The average molecular weight is 390 g/mol. The Kier molecular flexibility index (Phi) is 7.16. The molecule has 0 saturated heterocycles. The second-order valence-electron chi connectivity index (χ2n) is 6.72. The predicted molar refractivity (Wildman–Crippen MR) is 116 cm³/mol. The second kappa shape index (κ2) is 10.2. The van der Waals surface area contributed by atoms with Crippen LogP contribution >= 0.6 is 0 Å². The largest absolute Gasteiger partial charge is 0.478 e. The van der Waals surface area contributed by atoms with E-state index in [1.54, 1.807) is 6.07 Å². The lowest BCUT2D eigenvalue weighted by Gasteiger charge is -2.10. The van der Waals surface area contributed by atoms with Gasteiger partial charge in [0, 0.05) is 23.9 Å². The summed E-state index contributed by atoms with van der Waals surface area (Å²) in [7, 11) is 0. The molecule has 6 heteroatoms. The number of nitrogens with zero attached hydrogens (tertiary/aromatic N) is 2. The van der Waals surface area contributed by atoms with Crippen LogP contribution in [0.15, 0.2) is 60.7 Å². The predicted octanol–water partition coefficient (Wildman–Crippen LogP) is 4.89. The monoisotopic (exact) mass is 390 g/mol. The zero-order valence-corrected chi connectivity index (χ0v) is 16.8. The Morgan fingerprint density at radius 2 is 1.72 bits per heavy atom. The molecule has 150 valence electrons. The van der Waals surface area contributed by atoms with E-state index >= 15 is 0 Å². The van der Waals surface area contributed by atoms with Gasteiger partial charge in [-0.3, -0.25) is 4.79 Å². The molecule has 0 saturated carbocycles. The van der Waals surface area contributed by atoms with Crippen molar-refractivity contribution in [1.82, 2.24) is 9.97 Å². The van der Waals surface area contributed by atoms with Gasteiger partial charge in [0.2, 0.25) is 11.8 Å². The van der Waals surface area contributed by atoms with Crippen molar-refractivity contribution in [3.63, 3.8) is 0 Å². The fourth-order valence-corrected chi connectivity index (χ4v) is 2.80. The highest BCUT2D eigenvalue weighted by atomic mass is 16.5. The van der Waals surface area contributed by atoms with Gasteiger partial charge in [-0.05, 0) is 49.6 Å². The summed E-state index contributed by atoms with van der Waals surface area (Å²) in [5.41, 5.74) is 2.79. The smallest absolute Gasteiger partial charge is 0.224 e. The third-order valence-electron chi connectivity index (χ3n) is 4.19. The Bertz CT molecular complexity index is 927. The molecule has 0 bridgehead atoms. The number of carbonyl (C=O) groups is 1. The Morgan fingerprint density at radius 3 is 2.45 bits per heavy atom. The van der Waals surface area contributed by atoms with Gasteiger partial charge in [0.15, 0.2) is 0 Å². The van der Waals surface area contributed by atoms with Crippen LogP contribution in [0.4, 0.5) is 17.2 Å². The van der Waals surface area contributed by atoms with Gasteiger partial charge in [-0.15, -0.1) is 0 Å². The molecule has 3 aromatic rings. The average Bonchev–Trinajstić information content (AvgIpc) is 2.72. The number of aryl methyl sites for hydroxylation is 2. The summed E-state index contributed by atoms with van der Waals surface area (Å²) in [5.74, 6) is 1.87. The van der Waals surface area contributed by atoms with Crippen LogP contribution in [0.1, 0.15) is 31.2 Å². The first-order valence-corrected chi connectivity index (χ1v) is 9.81. The quantitative estimate of drug-likeness (QED) is 0.544. The van der Waals surface area contributed by atoms with Gasteiger partial charge < -0.3 is 15.4 Å². The summed E-state index contributed by atoms with van der Waals surface area (Å²) in [6.45, 7) is 4.50. The van der Waals surface area contributed by atoms with E-state index in [1.165, 1.54) is 0 Å². The molecule has 0 spiro atoms. The molecular formula is C23H26N4O2. The maximum Gasteiger partial charge on any atom is 0.224 e. The molecule has 0 fully saturated rings. The van der Waals surface area contributed by atoms with E-state index in [4.69, 9.17) is 4.74 Å². The van der Waals surface area contributed by atoms with E-state index in [0.29, 0.717) is 30.5 Å². The van der Waals surface area contributed by atoms with E-state index in [0.717, 1.165) is 29.8 Å². The van der Waals surface area contributed by atoms with Gasteiger partial charge in [0.25, 0.3) is 0 Å². The second-order valence-corrected chi connectivity index (χ2v) is 6.72. The van der Waals surface area contributed by atoms with Gasteiger partial charge in [-0.1, -0.05) is 37.3 Å². The highest BCUT2D eigenvalue weighted by Crippen LogP contribution is 2.20. The molecule has 1 amide bonds. The molecule has 1 aromatic heterocycles. The number of aromatic nitrogens is 2. The first-order valence-electron chi connectivity index (χ1n) is 9.81. The fourth-order valence-electron chi connectivity index (χ4n) is 2.80. The van der Waals surface area contributed by atoms with Crippen LogP contribution in [-0.4, -0.2) is 22.5 Å². The lowest BCUT2D eigenvalue weighted by atomic mass is 10.1. The van der Waals surface area contributed by atoms with E-state index in [9.17, 15) is 4.79 Å². The van der Waals surface area contributed by atoms with Crippen LogP contribution in [0.2, 0.25) is 0 Å². The molecule has 2 N–H and O–H groups in total. The Labute approximate surface area is 171 Å². The summed E-state index contributed by atoms with van der Waals surface area (Å²) in [5, 5.41) is 6.18. The number of amides is 1. The summed E-state index contributed by atoms with van der Waals surface area (Å²) < 4.78 is 5.59. The van der Waals surface area contributed by atoms with Crippen molar-refractivity contribution in [2.45, 2.75) is 33.1 Å². The highest BCUT2D eigenvalue weighted by Gasteiger charge is 2.06. The number of hydrogen-bond donors (Lipinski definition) is 2. The molecule has 1 heterocycles. The number of anilines is 3. The van der Waals surface area contributed by atoms with Gasteiger partial charge in [-0.2, -0.15) is 4.98 Å². The summed E-state index contributed by atoms with van der Waals surface area (Å²) in [6.07, 6.45) is 2.09. The Balaban J connectivity index is 1.54. The minimum absolute atomic E-state index is 0.00120. The van der Waals surface area contributed by atoms with E-state index in [1.807, 2.05) is 61.5 Å². The molecule has 0 atom stereocenters. The minimum atomic E-state index is -0.00120. The lowest BCUT2D eigenvalue weighted by Crippen LogP contribution is -2.12. The molecule has 0 aliphatic rings. The van der Waals surface area contributed by atoms with E-state index in [2.05, 4.69) is 27.5 Å². The van der Waals surface area contributed by atoms with Gasteiger partial charge in [0.1, 0.15) is 11.6 Å². The van der Waals surface area contributed by atoms with Gasteiger partial charge >= 0.3 is 0 Å². The van der Waals surface area contributed by atoms with E-state index < -0.39 is 0 Å². The zero-order valence-electron chi connectivity index (χ0n) is 16.8. The molecule has 2 aromatic carbocycles. The van der Waals surface area contributed by atoms with Crippen LogP contribution in [0.5, 0.6) is 5.88 Å². The highest BCUT2D eigenvalue weighted by molar-refractivity contribution is 5.91. The molecule has 0 aliphatic carbocycles.